The van der Waals surface area contributed by atoms with Gasteiger partial charge in [0, 0.05) is 42.7 Å². The molecule has 3 heterocycles. The molecule has 0 atom stereocenters. The predicted octanol–water partition coefficient (Wildman–Crippen LogP) is 2.38. The number of hydrogen-bond donors (Lipinski definition) is 0. The van der Waals surface area contributed by atoms with Crippen LogP contribution in [0, 0.1) is 11.2 Å². The van der Waals surface area contributed by atoms with E-state index in [1.54, 1.807) is 17.0 Å². The lowest BCUT2D eigenvalue weighted by Crippen LogP contribution is -2.60. The highest BCUT2D eigenvalue weighted by Crippen LogP contribution is 2.40. The van der Waals surface area contributed by atoms with E-state index < -0.39 is 24.1 Å². The summed E-state index contributed by atoms with van der Waals surface area (Å²) in [6, 6.07) is 4.58. The van der Waals surface area contributed by atoms with Gasteiger partial charge in [-0.25, -0.2) is 4.39 Å². The third-order valence-electron chi connectivity index (χ3n) is 6.65. The molecule has 3 aliphatic heterocycles. The Labute approximate surface area is 160 Å². The van der Waals surface area contributed by atoms with E-state index in [2.05, 4.69) is 0 Å². The lowest BCUT2D eigenvalue weighted by atomic mass is 9.73. The molecule has 0 aliphatic carbocycles. The zero-order valence-corrected chi connectivity index (χ0v) is 16.5. The van der Waals surface area contributed by atoms with Crippen molar-refractivity contribution in [2.24, 2.45) is 5.41 Å². The van der Waals surface area contributed by atoms with E-state index in [9.17, 15) is 9.18 Å². The number of halogens is 1. The number of benzene rings is 1. The van der Waals surface area contributed by atoms with Crippen LogP contribution < -0.4 is 5.46 Å². The highest BCUT2D eigenvalue weighted by Gasteiger charge is 2.52. The number of ether oxygens (including phenoxy) is 1. The molecule has 1 spiro atoms. The number of carbonyl (C=O) groups excluding carboxylic acids is 1. The lowest BCUT2D eigenvalue weighted by molar-refractivity contribution is -0.0666. The Kier molecular flexibility index (Phi) is 4.41. The molecule has 0 N–H and O–H groups in total. The molecule has 7 heteroatoms. The van der Waals surface area contributed by atoms with Crippen molar-refractivity contribution < 1.29 is 23.2 Å². The van der Waals surface area contributed by atoms with E-state index in [1.807, 2.05) is 27.7 Å². The summed E-state index contributed by atoms with van der Waals surface area (Å²) in [5, 5.41) is 0. The van der Waals surface area contributed by atoms with Crippen LogP contribution in [-0.2, 0) is 14.0 Å². The van der Waals surface area contributed by atoms with Gasteiger partial charge in [-0.2, -0.15) is 0 Å². The number of hydrogen-bond acceptors (Lipinski definition) is 4. The van der Waals surface area contributed by atoms with E-state index in [0.29, 0.717) is 11.0 Å². The summed E-state index contributed by atoms with van der Waals surface area (Å²) in [5.74, 6) is -0.591. The van der Waals surface area contributed by atoms with Gasteiger partial charge >= 0.3 is 7.12 Å². The first-order valence-corrected chi connectivity index (χ1v) is 9.65. The maximum absolute atomic E-state index is 14.8. The quantitative estimate of drug-likeness (QED) is 0.745. The van der Waals surface area contributed by atoms with E-state index in [0.717, 1.165) is 39.1 Å². The number of amides is 1. The van der Waals surface area contributed by atoms with E-state index in [-0.39, 0.29) is 11.3 Å². The zero-order valence-electron chi connectivity index (χ0n) is 16.5. The van der Waals surface area contributed by atoms with Gasteiger partial charge in [0.15, 0.2) is 0 Å². The van der Waals surface area contributed by atoms with Crippen LogP contribution >= 0.6 is 0 Å². The Bertz CT molecular complexity index is 736. The van der Waals surface area contributed by atoms with Crippen LogP contribution in [0.25, 0.3) is 0 Å². The first kappa shape index (κ1) is 18.9. The summed E-state index contributed by atoms with van der Waals surface area (Å²) in [5.41, 5.74) is -0.165. The van der Waals surface area contributed by atoms with Crippen LogP contribution in [0.15, 0.2) is 18.2 Å². The first-order valence-electron chi connectivity index (χ1n) is 9.65. The van der Waals surface area contributed by atoms with Crippen molar-refractivity contribution in [3.8, 4) is 0 Å². The molecular weight excluding hydrogens is 348 g/mol. The van der Waals surface area contributed by atoms with Crippen molar-refractivity contribution >= 4 is 18.5 Å². The number of nitrogens with zero attached hydrogens (tertiary/aromatic N) is 1. The van der Waals surface area contributed by atoms with E-state index >= 15 is 0 Å². The number of likely N-dealkylation sites (tertiary alicyclic amines) is 1. The maximum atomic E-state index is 14.8. The monoisotopic (exact) mass is 375 g/mol. The number of carbonyl (C=O) groups is 1. The van der Waals surface area contributed by atoms with E-state index in [1.165, 1.54) is 6.07 Å². The van der Waals surface area contributed by atoms with E-state index in [4.69, 9.17) is 14.0 Å². The minimum absolute atomic E-state index is 0.119. The summed E-state index contributed by atoms with van der Waals surface area (Å²) < 4.78 is 32.0. The molecule has 1 aromatic rings. The molecule has 3 saturated heterocycles. The molecule has 3 fully saturated rings. The van der Waals surface area contributed by atoms with Crippen molar-refractivity contribution in [3.63, 3.8) is 0 Å². The summed E-state index contributed by atoms with van der Waals surface area (Å²) in [7, 11) is -0.770. The molecule has 3 aliphatic rings. The number of rotatable bonds is 2. The molecule has 1 aromatic carbocycles. The Hall–Kier alpha value is -1.44. The fourth-order valence-corrected chi connectivity index (χ4v) is 4.03. The van der Waals surface area contributed by atoms with Crippen LogP contribution in [0.3, 0.4) is 0 Å². The molecule has 5 nitrogen and oxygen atoms in total. The van der Waals surface area contributed by atoms with Gasteiger partial charge in [-0.15, -0.1) is 0 Å². The van der Waals surface area contributed by atoms with Crippen LogP contribution in [0.2, 0.25) is 0 Å². The van der Waals surface area contributed by atoms with Crippen molar-refractivity contribution in [1.29, 1.82) is 0 Å². The molecule has 0 saturated carbocycles. The zero-order chi connectivity index (χ0) is 19.4. The van der Waals surface area contributed by atoms with Crippen LogP contribution in [-0.4, -0.2) is 55.4 Å². The summed E-state index contributed by atoms with van der Waals surface area (Å²) in [6.45, 7) is 10.7. The maximum Gasteiger partial charge on any atom is 0.497 e. The van der Waals surface area contributed by atoms with Gasteiger partial charge in [-0.3, -0.25) is 4.79 Å². The highest BCUT2D eigenvalue weighted by atomic mass is 19.1. The first-order chi connectivity index (χ1) is 12.6. The second-order valence-corrected chi connectivity index (χ2v) is 9.10. The fourth-order valence-electron chi connectivity index (χ4n) is 4.03. The normalized spacial score (nSPS) is 25.5. The molecule has 4 rings (SSSR count). The Balaban J connectivity index is 1.46. The van der Waals surface area contributed by atoms with Crippen molar-refractivity contribution in [2.45, 2.75) is 51.7 Å². The molecule has 0 aromatic heterocycles. The fraction of sp³-hybridized carbons (Fsp3) is 0.650. The highest BCUT2D eigenvalue weighted by molar-refractivity contribution is 6.62. The van der Waals surface area contributed by atoms with Gasteiger partial charge in [0.25, 0.3) is 5.91 Å². The molecule has 146 valence electrons. The van der Waals surface area contributed by atoms with Crippen LogP contribution in [0.1, 0.15) is 50.9 Å². The average Bonchev–Trinajstić information content (AvgIpc) is 2.80. The van der Waals surface area contributed by atoms with Gasteiger partial charge in [0.1, 0.15) is 5.82 Å². The molecule has 1 amide bonds. The van der Waals surface area contributed by atoms with Crippen molar-refractivity contribution in [3.05, 3.63) is 29.6 Å². The van der Waals surface area contributed by atoms with Crippen molar-refractivity contribution in [2.75, 3.05) is 26.3 Å². The smallest absolute Gasteiger partial charge is 0.399 e. The average molecular weight is 375 g/mol. The van der Waals surface area contributed by atoms with Gasteiger partial charge in [-0.05, 0) is 52.7 Å². The second kappa shape index (κ2) is 6.29. The second-order valence-electron chi connectivity index (χ2n) is 9.10. The summed E-state index contributed by atoms with van der Waals surface area (Å²) in [4.78, 5) is 14.5. The minimum Gasteiger partial charge on any atom is -0.399 e. The van der Waals surface area contributed by atoms with Gasteiger partial charge in [0.05, 0.1) is 11.2 Å². The lowest BCUT2D eigenvalue weighted by Gasteiger charge is -2.52. The van der Waals surface area contributed by atoms with Gasteiger partial charge in [-0.1, -0.05) is 6.07 Å². The SMILES string of the molecule is CC1(C)OB(c2ccc(C(=O)N3CC4(CCOCC4)C3)cc2F)OC1(C)C. The molecule has 0 bridgehead atoms. The molecule has 0 radical (unpaired) electrons. The van der Waals surface area contributed by atoms with Crippen molar-refractivity contribution in [1.82, 2.24) is 4.90 Å². The Morgan fingerprint density at radius 3 is 2.22 bits per heavy atom. The summed E-state index contributed by atoms with van der Waals surface area (Å²) >= 11 is 0. The third kappa shape index (κ3) is 3.20. The topological polar surface area (TPSA) is 48.0 Å². The summed E-state index contributed by atoms with van der Waals surface area (Å²) in [6.07, 6.45) is 1.98. The minimum atomic E-state index is -0.770. The molecular formula is C20H27BFNO4. The third-order valence-corrected chi connectivity index (χ3v) is 6.65. The standard InChI is InChI=1S/C20H27BFNO4/c1-18(2)19(3,4)27-21(26-18)15-6-5-14(11-16(15)22)17(24)23-12-20(13-23)7-9-25-10-8-20/h5-6,11H,7-10,12-13H2,1-4H3. The Morgan fingerprint density at radius 1 is 1.07 bits per heavy atom. The largest absolute Gasteiger partial charge is 0.497 e. The van der Waals surface area contributed by atoms with Gasteiger partial charge < -0.3 is 18.9 Å². The Morgan fingerprint density at radius 2 is 1.67 bits per heavy atom. The predicted molar refractivity (Wildman–Crippen MR) is 101 cm³/mol. The van der Waals surface area contributed by atoms with Crippen LogP contribution in [0.5, 0.6) is 0 Å². The van der Waals surface area contributed by atoms with Crippen LogP contribution in [0.4, 0.5) is 4.39 Å². The molecule has 27 heavy (non-hydrogen) atoms. The molecule has 0 unspecified atom stereocenters. The van der Waals surface area contributed by atoms with Gasteiger partial charge in [0.2, 0.25) is 0 Å².